The summed E-state index contributed by atoms with van der Waals surface area (Å²) in [4.78, 5) is 18.5. The molecule has 1 aromatic heterocycles. The maximum Gasteiger partial charge on any atom is 0.200 e. The molecule has 0 spiro atoms. The van der Waals surface area contributed by atoms with Gasteiger partial charge in [0, 0.05) is 41.9 Å². The minimum Gasteiger partial charge on any atom is -0.508 e. The van der Waals surface area contributed by atoms with E-state index in [2.05, 4.69) is 21.7 Å². The number of aromatic nitrogens is 1. The fourth-order valence-electron chi connectivity index (χ4n) is 9.28. The van der Waals surface area contributed by atoms with Crippen molar-refractivity contribution in [1.29, 1.82) is 0 Å². The monoisotopic (exact) mass is 831 g/mol. The van der Waals surface area contributed by atoms with Crippen LogP contribution in [-0.2, 0) is 24.1 Å². The number of hydrogen-bond acceptors (Lipinski definition) is 11. The first-order valence-electron chi connectivity index (χ1n) is 21.0. The molecule has 2 heterocycles. The summed E-state index contributed by atoms with van der Waals surface area (Å²) in [6, 6.07) is 23.1. The molecule has 7 rings (SSSR count). The van der Waals surface area contributed by atoms with E-state index in [1.54, 1.807) is 36.4 Å². The predicted octanol–water partition coefficient (Wildman–Crippen LogP) is 7.63. The number of Topliss-reactive ketones (excluding diaryl/α,β-unsaturated/α-hetero) is 1. The van der Waals surface area contributed by atoms with Gasteiger partial charge < -0.3 is 55.7 Å². The minimum absolute atomic E-state index is 0.000899. The first-order valence-corrected chi connectivity index (χ1v) is 21.0. The summed E-state index contributed by atoms with van der Waals surface area (Å²) in [5.74, 6) is -0.844. The number of hydrogen-bond donors (Lipinski definition) is 9. The molecular weight excluding hydrogens is 775 g/mol. The van der Waals surface area contributed by atoms with Crippen LogP contribution >= 0.6 is 0 Å². The average Bonchev–Trinajstić information content (AvgIpc) is 3.88. The second-order valence-electron chi connectivity index (χ2n) is 16.8. The van der Waals surface area contributed by atoms with E-state index < -0.39 is 29.5 Å². The number of aliphatic hydroxyl groups is 2. The maximum atomic E-state index is 15.2. The Hall–Kier alpha value is -6.11. The number of aromatic amines is 1. The number of phenols is 4. The number of ether oxygens (including phenoxy) is 2. The summed E-state index contributed by atoms with van der Waals surface area (Å²) < 4.78 is 11.2. The van der Waals surface area contributed by atoms with Crippen molar-refractivity contribution in [2.24, 2.45) is 23.2 Å². The zero-order valence-corrected chi connectivity index (χ0v) is 34.9. The van der Waals surface area contributed by atoms with Crippen LogP contribution in [0, 0.1) is 23.2 Å². The van der Waals surface area contributed by atoms with Crippen molar-refractivity contribution in [3.05, 3.63) is 125 Å². The van der Waals surface area contributed by atoms with Crippen LogP contribution in [0.3, 0.4) is 0 Å². The number of fused-ring (bicyclic) bond motifs is 1. The van der Waals surface area contributed by atoms with Crippen LogP contribution < -0.4 is 20.1 Å². The van der Waals surface area contributed by atoms with Crippen LogP contribution in [0.1, 0.15) is 56.4 Å². The van der Waals surface area contributed by atoms with Crippen LogP contribution in [0.15, 0.2) is 109 Å². The molecule has 0 amide bonds. The van der Waals surface area contributed by atoms with E-state index in [-0.39, 0.29) is 59.7 Å². The normalized spacial score (nSPS) is 19.8. The molecule has 5 atom stereocenters. The van der Waals surface area contributed by atoms with Crippen molar-refractivity contribution in [3.63, 3.8) is 0 Å². The lowest BCUT2D eigenvalue weighted by molar-refractivity contribution is -0.134. The summed E-state index contributed by atoms with van der Waals surface area (Å²) in [5, 5.41) is 74.8. The van der Waals surface area contributed by atoms with Gasteiger partial charge in [-0.25, -0.2) is 0 Å². The molecule has 4 aromatic carbocycles. The Labute approximate surface area is 356 Å². The van der Waals surface area contributed by atoms with Gasteiger partial charge >= 0.3 is 0 Å². The van der Waals surface area contributed by atoms with Gasteiger partial charge in [-0.2, -0.15) is 0 Å². The van der Waals surface area contributed by atoms with E-state index in [1.165, 1.54) is 13.2 Å². The lowest BCUT2D eigenvalue weighted by Crippen LogP contribution is -2.50. The summed E-state index contributed by atoms with van der Waals surface area (Å²) >= 11 is 0. The van der Waals surface area contributed by atoms with Gasteiger partial charge in [-0.05, 0) is 139 Å². The number of dihydropyridines is 1. The summed E-state index contributed by atoms with van der Waals surface area (Å²) in [7, 11) is 1.48. The topological polar surface area (TPSA) is 197 Å². The molecule has 2 aliphatic rings. The minimum atomic E-state index is -1.15. The molecule has 1 aliphatic carbocycles. The highest BCUT2D eigenvalue weighted by Crippen LogP contribution is 2.58. The Morgan fingerprint density at radius 1 is 0.918 bits per heavy atom. The number of methoxy groups -OCH3 is 1. The highest BCUT2D eigenvalue weighted by molar-refractivity contribution is 5.87. The maximum absolute atomic E-state index is 15.2. The van der Waals surface area contributed by atoms with E-state index in [0.717, 1.165) is 33.3 Å². The molecule has 12 nitrogen and oxygen atoms in total. The molecule has 5 aromatic rings. The standard InChI is InChI=1S/C49H57N3O9/c1-29(2)28-61-45-23-31(21-43(58)48(45)59)8-15-42(57)47(41(56)14-7-30-6-13-40(55)44(22-30)60-3)49(18-16-39(54)38(49)27-35-5-4-19-50-35)34-17-20-51-46(26-34)52-36-11-9-33-25-37(53)12-10-32(33)24-36/h4-6,9-13,17,19,21-26,29,38-39,41,47,50-56,58-59H,7-8,14-16,18,20,27-28H2,1-3H3. The van der Waals surface area contributed by atoms with E-state index in [9.17, 15) is 30.6 Å². The molecule has 0 bridgehead atoms. The summed E-state index contributed by atoms with van der Waals surface area (Å²) in [6.07, 6.45) is 6.03. The van der Waals surface area contributed by atoms with Crippen LogP contribution in [0.4, 0.5) is 5.69 Å². The number of benzene rings is 4. The van der Waals surface area contributed by atoms with Crippen LogP contribution in [0.25, 0.3) is 10.8 Å². The van der Waals surface area contributed by atoms with E-state index in [4.69, 9.17) is 9.47 Å². The second-order valence-corrected chi connectivity index (χ2v) is 16.8. The van der Waals surface area contributed by atoms with Crippen LogP contribution in [-0.4, -0.2) is 73.9 Å². The van der Waals surface area contributed by atoms with Crippen molar-refractivity contribution >= 4 is 22.2 Å². The van der Waals surface area contributed by atoms with Crippen LogP contribution in [0.5, 0.6) is 34.5 Å². The van der Waals surface area contributed by atoms with E-state index in [1.807, 2.05) is 62.5 Å². The van der Waals surface area contributed by atoms with Gasteiger partial charge in [0.1, 0.15) is 17.4 Å². The molecule has 322 valence electrons. The largest absolute Gasteiger partial charge is 0.508 e. The fourth-order valence-corrected chi connectivity index (χ4v) is 9.28. The molecule has 0 saturated heterocycles. The van der Waals surface area contributed by atoms with Crippen molar-refractivity contribution in [3.8, 4) is 34.5 Å². The molecule has 61 heavy (non-hydrogen) atoms. The van der Waals surface area contributed by atoms with Gasteiger partial charge in [0.25, 0.3) is 0 Å². The number of aliphatic hydroxyl groups excluding tert-OH is 2. The number of aryl methyl sites for hydroxylation is 2. The Morgan fingerprint density at radius 2 is 1.70 bits per heavy atom. The number of carbonyl (C=O) groups is 1. The Bertz CT molecular complexity index is 2390. The quantitative estimate of drug-likeness (QED) is 0.0394. The molecule has 5 unspecified atom stereocenters. The zero-order valence-electron chi connectivity index (χ0n) is 34.9. The molecule has 9 N–H and O–H groups in total. The molecule has 0 radical (unpaired) electrons. The summed E-state index contributed by atoms with van der Waals surface area (Å²) in [5.41, 5.74) is 2.94. The molecule has 1 fully saturated rings. The van der Waals surface area contributed by atoms with Crippen molar-refractivity contribution in [1.82, 2.24) is 10.3 Å². The van der Waals surface area contributed by atoms with Gasteiger partial charge in [-0.15, -0.1) is 0 Å². The van der Waals surface area contributed by atoms with Crippen molar-refractivity contribution < 1.29 is 44.9 Å². The Kier molecular flexibility index (Phi) is 13.1. The number of aromatic hydroxyl groups is 4. The first kappa shape index (κ1) is 43.0. The number of anilines is 1. The van der Waals surface area contributed by atoms with Gasteiger partial charge in [0.05, 0.1) is 31.8 Å². The van der Waals surface area contributed by atoms with Gasteiger partial charge in [-0.3, -0.25) is 4.79 Å². The number of rotatable bonds is 18. The molecule has 1 aliphatic heterocycles. The van der Waals surface area contributed by atoms with E-state index >= 15 is 4.79 Å². The number of nitrogens with one attached hydrogen (secondary N) is 3. The highest BCUT2D eigenvalue weighted by Gasteiger charge is 2.58. The third kappa shape index (κ3) is 9.61. The third-order valence-corrected chi connectivity index (χ3v) is 12.2. The first-order chi connectivity index (χ1) is 29.3. The van der Waals surface area contributed by atoms with Crippen molar-refractivity contribution in [2.75, 3.05) is 25.6 Å². The van der Waals surface area contributed by atoms with Gasteiger partial charge in [0.2, 0.25) is 5.75 Å². The van der Waals surface area contributed by atoms with E-state index in [0.29, 0.717) is 56.0 Å². The second kappa shape index (κ2) is 18.7. The SMILES string of the molecule is COc1cc(CCC(O)C(C(=O)CCc2cc(O)c(O)c(OCC(C)C)c2)C2(C3=CCNC(Nc4ccc5cc(O)ccc5c4)=C3)CCC(O)C2Cc2ccc[nH]2)ccc1O. The number of phenolic OH excluding ortho intramolecular Hbond substituents is 4. The van der Waals surface area contributed by atoms with Gasteiger partial charge in [0.15, 0.2) is 23.0 Å². The Balaban J connectivity index is 1.28. The number of H-pyrrole nitrogens is 1. The molecular formula is C49H57N3O9. The zero-order chi connectivity index (χ0) is 43.3. The number of allylic oxidation sites excluding steroid dienone is 2. The Morgan fingerprint density at radius 3 is 2.48 bits per heavy atom. The molecule has 12 heteroatoms. The highest BCUT2D eigenvalue weighted by atomic mass is 16.5. The predicted molar refractivity (Wildman–Crippen MR) is 235 cm³/mol. The average molecular weight is 832 g/mol. The van der Waals surface area contributed by atoms with Gasteiger partial charge in [-0.1, -0.05) is 38.1 Å². The third-order valence-electron chi connectivity index (χ3n) is 12.2. The fraction of sp³-hybridized carbons (Fsp3) is 0.367. The lowest BCUT2D eigenvalue weighted by atomic mass is 9.58. The smallest absolute Gasteiger partial charge is 0.200 e. The van der Waals surface area contributed by atoms with Crippen LogP contribution in [0.2, 0.25) is 0 Å². The molecule has 1 saturated carbocycles. The van der Waals surface area contributed by atoms with Crippen molar-refractivity contribution in [2.45, 2.75) is 71.0 Å². The lowest BCUT2D eigenvalue weighted by Gasteiger charge is -2.46. The summed E-state index contributed by atoms with van der Waals surface area (Å²) in [6.45, 7) is 4.71. The number of carbonyl (C=O) groups excluding carboxylic acids is 1. The number of ketones is 1.